The Hall–Kier alpha value is -1.68. The molecule has 0 amide bonds. The summed E-state index contributed by atoms with van der Waals surface area (Å²) >= 11 is 0. The first-order valence-corrected chi connectivity index (χ1v) is 6.86. The van der Waals surface area contributed by atoms with Gasteiger partial charge in [0.1, 0.15) is 5.69 Å². The molecule has 102 valence electrons. The summed E-state index contributed by atoms with van der Waals surface area (Å²) in [5, 5.41) is 12.0. The maximum atomic E-state index is 4.32. The monoisotopic (exact) mass is 258 g/mol. The van der Waals surface area contributed by atoms with Gasteiger partial charge in [-0.25, -0.2) is 4.68 Å². The van der Waals surface area contributed by atoms with Crippen LogP contribution < -0.4 is 5.32 Å². The SMILES string of the molecule is CCCNC(C)c1nnn(-c2ccc(C)cc2)c1C. The average Bonchev–Trinajstić information content (AvgIpc) is 2.79. The van der Waals surface area contributed by atoms with E-state index in [9.17, 15) is 0 Å². The highest BCUT2D eigenvalue weighted by atomic mass is 15.4. The van der Waals surface area contributed by atoms with Crippen molar-refractivity contribution in [1.29, 1.82) is 0 Å². The minimum atomic E-state index is 0.235. The zero-order valence-electron chi connectivity index (χ0n) is 12.1. The molecule has 4 heteroatoms. The summed E-state index contributed by atoms with van der Waals surface area (Å²) in [5.41, 5.74) is 4.43. The van der Waals surface area contributed by atoms with Crippen molar-refractivity contribution in [3.8, 4) is 5.69 Å². The number of benzene rings is 1. The maximum Gasteiger partial charge on any atom is 0.103 e. The van der Waals surface area contributed by atoms with Gasteiger partial charge in [-0.2, -0.15) is 0 Å². The molecule has 0 saturated heterocycles. The lowest BCUT2D eigenvalue weighted by atomic mass is 10.2. The molecule has 0 aliphatic rings. The van der Waals surface area contributed by atoms with Crippen molar-refractivity contribution >= 4 is 0 Å². The van der Waals surface area contributed by atoms with Gasteiger partial charge in [-0.15, -0.1) is 5.10 Å². The van der Waals surface area contributed by atoms with Gasteiger partial charge in [-0.3, -0.25) is 0 Å². The van der Waals surface area contributed by atoms with Crippen LogP contribution in [0.1, 0.15) is 43.3 Å². The maximum absolute atomic E-state index is 4.32. The molecular weight excluding hydrogens is 236 g/mol. The van der Waals surface area contributed by atoms with E-state index in [0.29, 0.717) is 0 Å². The molecule has 1 aromatic heterocycles. The van der Waals surface area contributed by atoms with Gasteiger partial charge in [0.25, 0.3) is 0 Å². The third-order valence-corrected chi connectivity index (χ3v) is 3.32. The third kappa shape index (κ3) is 3.01. The molecule has 0 fully saturated rings. The van der Waals surface area contributed by atoms with Crippen molar-refractivity contribution in [3.63, 3.8) is 0 Å². The van der Waals surface area contributed by atoms with Crippen molar-refractivity contribution in [1.82, 2.24) is 20.3 Å². The van der Waals surface area contributed by atoms with Crippen LogP contribution >= 0.6 is 0 Å². The van der Waals surface area contributed by atoms with Crippen LogP contribution in [0, 0.1) is 13.8 Å². The Labute approximate surface area is 114 Å². The van der Waals surface area contributed by atoms with Gasteiger partial charge in [0.15, 0.2) is 0 Å². The number of aryl methyl sites for hydroxylation is 1. The molecule has 2 aromatic rings. The van der Waals surface area contributed by atoms with Crippen molar-refractivity contribution in [2.24, 2.45) is 0 Å². The Morgan fingerprint density at radius 2 is 1.89 bits per heavy atom. The summed E-state index contributed by atoms with van der Waals surface area (Å²) < 4.78 is 1.90. The lowest BCUT2D eigenvalue weighted by molar-refractivity contribution is 0.555. The second kappa shape index (κ2) is 5.97. The largest absolute Gasteiger partial charge is 0.309 e. The average molecular weight is 258 g/mol. The highest BCUT2D eigenvalue weighted by molar-refractivity contribution is 5.35. The van der Waals surface area contributed by atoms with Crippen molar-refractivity contribution in [2.45, 2.75) is 40.2 Å². The van der Waals surface area contributed by atoms with E-state index >= 15 is 0 Å². The first-order valence-electron chi connectivity index (χ1n) is 6.86. The van der Waals surface area contributed by atoms with E-state index < -0.39 is 0 Å². The lowest BCUT2D eigenvalue weighted by Gasteiger charge is -2.11. The van der Waals surface area contributed by atoms with Crippen LogP contribution in [0.15, 0.2) is 24.3 Å². The first kappa shape index (κ1) is 13.7. The predicted octanol–water partition coefficient (Wildman–Crippen LogP) is 2.94. The number of hydrogen-bond donors (Lipinski definition) is 1. The molecule has 0 spiro atoms. The summed E-state index contributed by atoms with van der Waals surface area (Å²) in [4.78, 5) is 0. The normalized spacial score (nSPS) is 12.6. The van der Waals surface area contributed by atoms with Crippen LogP contribution in [0.3, 0.4) is 0 Å². The van der Waals surface area contributed by atoms with Gasteiger partial charge in [0, 0.05) is 0 Å². The van der Waals surface area contributed by atoms with E-state index in [-0.39, 0.29) is 6.04 Å². The minimum absolute atomic E-state index is 0.235. The van der Waals surface area contributed by atoms with E-state index in [1.165, 1.54) is 5.56 Å². The van der Waals surface area contributed by atoms with Crippen LogP contribution in [0.4, 0.5) is 0 Å². The van der Waals surface area contributed by atoms with E-state index in [4.69, 9.17) is 0 Å². The number of nitrogens with zero attached hydrogens (tertiary/aromatic N) is 3. The predicted molar refractivity (Wildman–Crippen MR) is 77.5 cm³/mol. The lowest BCUT2D eigenvalue weighted by Crippen LogP contribution is -2.20. The second-order valence-corrected chi connectivity index (χ2v) is 4.98. The summed E-state index contributed by atoms with van der Waals surface area (Å²) in [7, 11) is 0. The summed E-state index contributed by atoms with van der Waals surface area (Å²) in [5.74, 6) is 0. The smallest absolute Gasteiger partial charge is 0.103 e. The molecular formula is C15H22N4. The summed E-state index contributed by atoms with van der Waals surface area (Å²) in [6, 6.07) is 8.57. The minimum Gasteiger partial charge on any atom is -0.309 e. The van der Waals surface area contributed by atoms with E-state index in [0.717, 1.165) is 30.0 Å². The zero-order chi connectivity index (χ0) is 13.8. The Morgan fingerprint density at radius 3 is 2.53 bits per heavy atom. The van der Waals surface area contributed by atoms with Gasteiger partial charge in [0.05, 0.1) is 17.4 Å². The van der Waals surface area contributed by atoms with Gasteiger partial charge in [-0.1, -0.05) is 29.8 Å². The molecule has 0 bridgehead atoms. The van der Waals surface area contributed by atoms with E-state index in [1.807, 2.05) is 4.68 Å². The molecule has 0 aliphatic heterocycles. The van der Waals surface area contributed by atoms with Crippen molar-refractivity contribution in [2.75, 3.05) is 6.54 Å². The van der Waals surface area contributed by atoms with Crippen LogP contribution in [0.2, 0.25) is 0 Å². The quantitative estimate of drug-likeness (QED) is 0.896. The molecule has 1 aromatic carbocycles. The van der Waals surface area contributed by atoms with Gasteiger partial charge in [-0.05, 0) is 45.9 Å². The van der Waals surface area contributed by atoms with Crippen LogP contribution in [-0.2, 0) is 0 Å². The molecule has 0 radical (unpaired) electrons. The Kier molecular flexibility index (Phi) is 4.32. The second-order valence-electron chi connectivity index (χ2n) is 4.98. The molecule has 2 rings (SSSR count). The van der Waals surface area contributed by atoms with Gasteiger partial charge in [0.2, 0.25) is 0 Å². The molecule has 1 unspecified atom stereocenters. The fourth-order valence-corrected chi connectivity index (χ4v) is 2.13. The molecule has 0 saturated carbocycles. The Balaban J connectivity index is 2.25. The van der Waals surface area contributed by atoms with Gasteiger partial charge >= 0.3 is 0 Å². The number of rotatable bonds is 5. The van der Waals surface area contributed by atoms with Crippen LogP contribution in [0.5, 0.6) is 0 Å². The zero-order valence-corrected chi connectivity index (χ0v) is 12.1. The Morgan fingerprint density at radius 1 is 1.21 bits per heavy atom. The number of nitrogens with one attached hydrogen (secondary N) is 1. The highest BCUT2D eigenvalue weighted by Crippen LogP contribution is 2.17. The number of hydrogen-bond acceptors (Lipinski definition) is 3. The standard InChI is InChI=1S/C15H22N4/c1-5-10-16-12(3)15-13(4)19(18-17-15)14-8-6-11(2)7-9-14/h6-9,12,16H,5,10H2,1-4H3. The molecule has 1 atom stereocenters. The Bertz CT molecular complexity index is 528. The number of aromatic nitrogens is 3. The molecule has 4 nitrogen and oxygen atoms in total. The van der Waals surface area contributed by atoms with E-state index in [1.54, 1.807) is 0 Å². The third-order valence-electron chi connectivity index (χ3n) is 3.32. The molecule has 19 heavy (non-hydrogen) atoms. The topological polar surface area (TPSA) is 42.7 Å². The molecule has 1 N–H and O–H groups in total. The molecule has 0 aliphatic carbocycles. The fourth-order valence-electron chi connectivity index (χ4n) is 2.13. The van der Waals surface area contributed by atoms with Crippen molar-refractivity contribution in [3.05, 3.63) is 41.2 Å². The van der Waals surface area contributed by atoms with Crippen molar-refractivity contribution < 1.29 is 0 Å². The molecule has 1 heterocycles. The highest BCUT2D eigenvalue weighted by Gasteiger charge is 2.15. The van der Waals surface area contributed by atoms with Crippen LogP contribution in [-0.4, -0.2) is 21.5 Å². The summed E-state index contributed by atoms with van der Waals surface area (Å²) in [6.45, 7) is 9.44. The first-order chi connectivity index (χ1) is 9.13. The summed E-state index contributed by atoms with van der Waals surface area (Å²) in [6.07, 6.45) is 1.12. The van der Waals surface area contributed by atoms with Gasteiger partial charge < -0.3 is 5.32 Å². The fraction of sp³-hybridized carbons (Fsp3) is 0.467. The van der Waals surface area contributed by atoms with E-state index in [2.05, 4.69) is 67.6 Å². The van der Waals surface area contributed by atoms with Crippen LogP contribution in [0.25, 0.3) is 5.69 Å².